The van der Waals surface area contributed by atoms with Crippen LogP contribution < -0.4 is 10.2 Å². The van der Waals surface area contributed by atoms with Crippen molar-refractivity contribution >= 4 is 34.9 Å². The lowest BCUT2D eigenvalue weighted by Crippen LogP contribution is -2.49. The van der Waals surface area contributed by atoms with Gasteiger partial charge in [-0.1, -0.05) is 24.3 Å². The molecule has 2 aromatic rings. The van der Waals surface area contributed by atoms with Gasteiger partial charge in [0.25, 0.3) is 5.91 Å². The van der Waals surface area contributed by atoms with Gasteiger partial charge in [-0.3, -0.25) is 9.69 Å². The van der Waals surface area contributed by atoms with Crippen LogP contribution in [0.3, 0.4) is 0 Å². The summed E-state index contributed by atoms with van der Waals surface area (Å²) >= 11 is 5.50. The number of anilines is 1. The zero-order valence-electron chi connectivity index (χ0n) is 18.4. The van der Waals surface area contributed by atoms with Crippen molar-refractivity contribution < 1.29 is 27.5 Å². The van der Waals surface area contributed by atoms with Crippen molar-refractivity contribution in [2.45, 2.75) is 19.1 Å². The summed E-state index contributed by atoms with van der Waals surface area (Å²) in [5.41, 5.74) is 0.603. The molecule has 1 N–H and O–H groups in total. The van der Waals surface area contributed by atoms with Crippen LogP contribution in [0.25, 0.3) is 0 Å². The summed E-state index contributed by atoms with van der Waals surface area (Å²) in [6, 6.07) is 10.5. The van der Waals surface area contributed by atoms with Crippen LogP contribution in [0, 0.1) is 0 Å². The number of benzene rings is 2. The maximum absolute atomic E-state index is 13.3. The largest absolute Gasteiger partial charge is 0.465 e. The van der Waals surface area contributed by atoms with Gasteiger partial charge >= 0.3 is 12.1 Å². The number of carbonyl (C=O) groups excluding carboxylic acids is 2. The van der Waals surface area contributed by atoms with E-state index in [2.05, 4.69) is 5.32 Å². The number of hydrogen-bond donors (Lipinski definition) is 1. The van der Waals surface area contributed by atoms with Crippen molar-refractivity contribution in [1.29, 1.82) is 0 Å². The highest BCUT2D eigenvalue weighted by Gasteiger charge is 2.38. The van der Waals surface area contributed by atoms with Crippen molar-refractivity contribution in [3.8, 4) is 0 Å². The number of likely N-dealkylation sites (N-methyl/N-ethyl adjacent to an activating group) is 1. The number of ether oxygens (including phenoxy) is 1. The Morgan fingerprint density at radius 2 is 1.79 bits per heavy atom. The Labute approximate surface area is 194 Å². The van der Waals surface area contributed by atoms with E-state index < -0.39 is 23.8 Å². The van der Waals surface area contributed by atoms with E-state index in [1.54, 1.807) is 45.3 Å². The molecule has 174 valence electrons. The first-order valence-corrected chi connectivity index (χ1v) is 10.3. The Kier molecular flexibility index (Phi) is 6.78. The molecule has 0 radical (unpaired) electrons. The molecule has 6 nitrogen and oxygen atoms in total. The highest BCUT2D eigenvalue weighted by Crippen LogP contribution is 2.38. The zero-order chi connectivity index (χ0) is 24.5. The summed E-state index contributed by atoms with van der Waals surface area (Å²) in [5, 5.41) is 3.13. The number of alkyl halides is 3. The molecule has 0 spiro atoms. The predicted octanol–water partition coefficient (Wildman–Crippen LogP) is 4.29. The Morgan fingerprint density at radius 1 is 1.12 bits per heavy atom. The Morgan fingerprint density at radius 3 is 2.39 bits per heavy atom. The third-order valence-corrected chi connectivity index (χ3v) is 5.53. The van der Waals surface area contributed by atoms with Crippen LogP contribution in [0.15, 0.2) is 59.8 Å². The Balaban J connectivity index is 2.22. The molecule has 3 rings (SSSR count). The van der Waals surface area contributed by atoms with Crippen LogP contribution in [0.5, 0.6) is 0 Å². The molecule has 0 aromatic heterocycles. The van der Waals surface area contributed by atoms with Gasteiger partial charge in [0.15, 0.2) is 5.11 Å². The van der Waals surface area contributed by atoms with Gasteiger partial charge in [-0.15, -0.1) is 0 Å². The average molecular weight is 478 g/mol. The van der Waals surface area contributed by atoms with Crippen molar-refractivity contribution in [2.75, 3.05) is 26.1 Å². The van der Waals surface area contributed by atoms with Crippen LogP contribution >= 0.6 is 12.2 Å². The van der Waals surface area contributed by atoms with Gasteiger partial charge in [0.05, 0.1) is 29.9 Å². The molecule has 1 heterocycles. The van der Waals surface area contributed by atoms with Gasteiger partial charge in [0, 0.05) is 25.5 Å². The second-order valence-electron chi connectivity index (χ2n) is 7.54. The van der Waals surface area contributed by atoms with E-state index in [0.717, 1.165) is 12.1 Å². The molecule has 0 bridgehead atoms. The van der Waals surface area contributed by atoms with Crippen molar-refractivity contribution in [1.82, 2.24) is 10.2 Å². The standard InChI is InChI=1S/C23H22F3N3O3S/c1-13-18(20(30)28(2)3)19(16-10-5-6-11-17(16)21(31)32-4)27-22(33)29(13)15-9-7-8-14(12-15)23(24,25)26/h5-12,19H,1-4H3,(H,27,33). The Bertz CT molecular complexity index is 1150. The van der Waals surface area contributed by atoms with Crippen LogP contribution in [0.2, 0.25) is 0 Å². The van der Waals surface area contributed by atoms with Crippen molar-refractivity contribution in [2.24, 2.45) is 0 Å². The lowest BCUT2D eigenvalue weighted by Gasteiger charge is -2.39. The number of methoxy groups -OCH3 is 1. The highest BCUT2D eigenvalue weighted by molar-refractivity contribution is 7.80. The number of nitrogens with zero attached hydrogens (tertiary/aromatic N) is 2. The summed E-state index contributed by atoms with van der Waals surface area (Å²) in [5.74, 6) is -0.975. The van der Waals surface area contributed by atoms with Crippen LogP contribution in [-0.2, 0) is 15.7 Å². The van der Waals surface area contributed by atoms with Gasteiger partial charge in [-0.2, -0.15) is 13.2 Å². The number of esters is 1. The molecule has 1 unspecified atom stereocenters. The minimum Gasteiger partial charge on any atom is -0.465 e. The molecule has 1 aliphatic heterocycles. The monoisotopic (exact) mass is 477 g/mol. The highest BCUT2D eigenvalue weighted by atomic mass is 32.1. The summed E-state index contributed by atoms with van der Waals surface area (Å²) in [7, 11) is 4.38. The van der Waals surface area contributed by atoms with Crippen LogP contribution in [0.4, 0.5) is 18.9 Å². The van der Waals surface area contributed by atoms with Gasteiger partial charge in [0.2, 0.25) is 0 Å². The maximum Gasteiger partial charge on any atom is 0.416 e. The zero-order valence-corrected chi connectivity index (χ0v) is 19.2. The number of thiocarbonyl (C=S) groups is 1. The lowest BCUT2D eigenvalue weighted by molar-refractivity contribution is -0.137. The van der Waals surface area contributed by atoms with Gasteiger partial charge < -0.3 is 15.0 Å². The second kappa shape index (κ2) is 9.22. The predicted molar refractivity (Wildman–Crippen MR) is 122 cm³/mol. The topological polar surface area (TPSA) is 61.9 Å². The molecule has 0 saturated carbocycles. The fourth-order valence-corrected chi connectivity index (χ4v) is 4.03. The van der Waals surface area contributed by atoms with E-state index in [9.17, 15) is 22.8 Å². The third kappa shape index (κ3) is 4.70. The lowest BCUT2D eigenvalue weighted by atomic mass is 9.90. The minimum absolute atomic E-state index is 0.0896. The fraction of sp³-hybridized carbons (Fsp3) is 0.261. The van der Waals surface area contributed by atoms with Crippen LogP contribution in [-0.4, -0.2) is 43.1 Å². The first-order valence-electron chi connectivity index (χ1n) is 9.85. The van der Waals surface area contributed by atoms with Gasteiger partial charge in [-0.25, -0.2) is 4.79 Å². The SMILES string of the molecule is COC(=O)c1ccccc1C1NC(=S)N(c2cccc(C(F)(F)F)c2)C(C)=C1C(=O)N(C)C. The normalized spacial score (nSPS) is 16.4. The molecule has 0 fully saturated rings. The van der Waals surface area contributed by atoms with Gasteiger partial charge in [-0.05, 0) is 49.0 Å². The van der Waals surface area contributed by atoms with E-state index in [1.165, 1.54) is 29.0 Å². The molecule has 1 atom stereocenters. The number of hydrogen-bond acceptors (Lipinski definition) is 4. The number of halogens is 3. The molecule has 1 aliphatic rings. The molecule has 0 aliphatic carbocycles. The Hall–Kier alpha value is -3.40. The smallest absolute Gasteiger partial charge is 0.416 e. The van der Waals surface area contributed by atoms with E-state index in [1.807, 2.05) is 0 Å². The molecule has 0 saturated heterocycles. The third-order valence-electron chi connectivity index (χ3n) is 5.23. The molecule has 2 aromatic carbocycles. The average Bonchev–Trinajstić information content (AvgIpc) is 2.77. The first-order chi connectivity index (χ1) is 15.5. The summed E-state index contributed by atoms with van der Waals surface area (Å²) in [6.45, 7) is 1.61. The van der Waals surface area contributed by atoms with E-state index in [-0.39, 0.29) is 27.8 Å². The summed E-state index contributed by atoms with van der Waals surface area (Å²) in [4.78, 5) is 28.3. The fourth-order valence-electron chi connectivity index (χ4n) is 3.67. The van der Waals surface area contributed by atoms with Gasteiger partial charge in [0.1, 0.15) is 0 Å². The molecule has 33 heavy (non-hydrogen) atoms. The first kappa shape index (κ1) is 24.2. The van der Waals surface area contributed by atoms with E-state index >= 15 is 0 Å². The quantitative estimate of drug-likeness (QED) is 0.524. The summed E-state index contributed by atoms with van der Waals surface area (Å²) in [6.07, 6.45) is -4.54. The number of amides is 1. The minimum atomic E-state index is -4.54. The number of nitrogens with one attached hydrogen (secondary N) is 1. The van der Waals surface area contributed by atoms with E-state index in [4.69, 9.17) is 17.0 Å². The van der Waals surface area contributed by atoms with Crippen LogP contribution in [0.1, 0.15) is 34.5 Å². The maximum atomic E-state index is 13.3. The molecular weight excluding hydrogens is 455 g/mol. The molecular formula is C23H22F3N3O3S. The number of allylic oxidation sites excluding steroid dienone is 1. The van der Waals surface area contributed by atoms with E-state index in [0.29, 0.717) is 11.3 Å². The number of rotatable bonds is 4. The molecule has 10 heteroatoms. The summed E-state index contributed by atoms with van der Waals surface area (Å²) < 4.78 is 44.8. The van der Waals surface area contributed by atoms with Crippen molar-refractivity contribution in [3.63, 3.8) is 0 Å². The number of carbonyl (C=O) groups is 2. The molecule has 1 amide bonds. The van der Waals surface area contributed by atoms with Crippen molar-refractivity contribution in [3.05, 3.63) is 76.5 Å². The second-order valence-corrected chi connectivity index (χ2v) is 7.93.